The quantitative estimate of drug-likeness (QED) is 0.351. The fraction of sp³-hybridized carbons (Fsp3) is 0.733. The molecule has 0 bridgehead atoms. The van der Waals surface area contributed by atoms with Crippen LogP contribution in [0.3, 0.4) is 0 Å². The Balaban J connectivity index is 0.000000479. The zero-order valence-corrected chi connectivity index (χ0v) is 18.4. The van der Waals surface area contributed by atoms with Gasteiger partial charge in [-0.1, -0.05) is 0 Å². The number of nitrogens with zero attached hydrogens (tertiary/aromatic N) is 3. The summed E-state index contributed by atoms with van der Waals surface area (Å²) in [5.41, 5.74) is -6.19. The molecule has 1 aliphatic rings. The minimum Gasteiger partial charge on any atom is -0.741 e. The Kier molecular flexibility index (Phi) is 7.93. The molecule has 1 aromatic heterocycles. The lowest BCUT2D eigenvalue weighted by Gasteiger charge is -2.32. The zero-order valence-electron chi connectivity index (χ0n) is 16.8. The summed E-state index contributed by atoms with van der Waals surface area (Å²) in [4.78, 5) is 13.6. The summed E-state index contributed by atoms with van der Waals surface area (Å²) in [6.45, 7) is 6.23. The molecule has 174 valence electrons. The number of alkyl halides is 3. The third-order valence-electron chi connectivity index (χ3n) is 3.84. The van der Waals surface area contributed by atoms with Gasteiger partial charge < -0.3 is 14.2 Å². The van der Waals surface area contributed by atoms with E-state index in [1.165, 1.54) is 16.5 Å². The molecular weight excluding hydrogens is 455 g/mol. The van der Waals surface area contributed by atoms with Crippen molar-refractivity contribution < 1.29 is 48.7 Å². The zero-order chi connectivity index (χ0) is 23.5. The number of imidazole rings is 1. The molecular formula is C15H24F3N3O7S2. The van der Waals surface area contributed by atoms with E-state index in [2.05, 4.69) is 0 Å². The second-order valence-electron chi connectivity index (χ2n) is 7.52. The molecule has 2 heterocycles. The summed E-state index contributed by atoms with van der Waals surface area (Å²) in [5, 5.41) is -0.474. The highest BCUT2D eigenvalue weighted by Gasteiger charge is 2.37. The highest BCUT2D eigenvalue weighted by molar-refractivity contribution is 7.90. The third-order valence-corrected chi connectivity index (χ3v) is 6.52. The molecule has 0 spiro atoms. The maximum absolute atomic E-state index is 12.5. The van der Waals surface area contributed by atoms with E-state index in [0.29, 0.717) is 25.9 Å². The Morgan fingerprint density at radius 3 is 1.93 bits per heavy atom. The number of carbonyl (C=O) groups excluding carboxylic acids is 1. The SMILES string of the molecule is C[n+]1ccn(S(=O)(=O)C2CCN(C(=O)OC(C)(C)C)CC2)c1.O=S(=O)([O-])C(F)(F)F. The molecule has 1 amide bonds. The van der Waals surface area contributed by atoms with E-state index in [-0.39, 0.29) is 6.09 Å². The van der Waals surface area contributed by atoms with Crippen LogP contribution in [-0.4, -0.2) is 65.8 Å². The minimum absolute atomic E-state index is 0.379. The molecule has 0 radical (unpaired) electrons. The van der Waals surface area contributed by atoms with Crippen molar-refractivity contribution in [3.8, 4) is 0 Å². The summed E-state index contributed by atoms with van der Waals surface area (Å²) in [7, 11) is -7.72. The van der Waals surface area contributed by atoms with Crippen LogP contribution in [0.25, 0.3) is 0 Å². The van der Waals surface area contributed by atoms with Crippen LogP contribution in [0.2, 0.25) is 0 Å². The Labute approximate surface area is 173 Å². The van der Waals surface area contributed by atoms with Gasteiger partial charge in [0.1, 0.15) is 23.2 Å². The number of halogens is 3. The van der Waals surface area contributed by atoms with Crippen molar-refractivity contribution in [1.82, 2.24) is 8.87 Å². The van der Waals surface area contributed by atoms with Crippen molar-refractivity contribution in [2.75, 3.05) is 13.1 Å². The number of hydrogen-bond acceptors (Lipinski definition) is 7. The van der Waals surface area contributed by atoms with E-state index in [4.69, 9.17) is 17.7 Å². The highest BCUT2D eigenvalue weighted by Crippen LogP contribution is 2.22. The van der Waals surface area contributed by atoms with Crippen LogP contribution in [0.1, 0.15) is 33.6 Å². The lowest BCUT2D eigenvalue weighted by atomic mass is 10.1. The van der Waals surface area contributed by atoms with Crippen molar-refractivity contribution in [3.63, 3.8) is 0 Å². The van der Waals surface area contributed by atoms with Gasteiger partial charge in [0.15, 0.2) is 10.1 Å². The lowest BCUT2D eigenvalue weighted by Crippen LogP contribution is -2.45. The Morgan fingerprint density at radius 2 is 1.60 bits per heavy atom. The number of aryl methyl sites for hydroxylation is 1. The van der Waals surface area contributed by atoms with Crippen LogP contribution in [0.5, 0.6) is 0 Å². The topological polar surface area (TPSA) is 130 Å². The van der Waals surface area contributed by atoms with Gasteiger partial charge in [-0.15, -0.1) is 3.97 Å². The largest absolute Gasteiger partial charge is 0.741 e. The molecule has 0 aliphatic carbocycles. The van der Waals surface area contributed by atoms with Gasteiger partial charge in [0.2, 0.25) is 0 Å². The predicted molar refractivity (Wildman–Crippen MR) is 96.5 cm³/mol. The van der Waals surface area contributed by atoms with Gasteiger partial charge in [0.25, 0.3) is 6.33 Å². The van der Waals surface area contributed by atoms with Gasteiger partial charge >= 0.3 is 21.6 Å². The van der Waals surface area contributed by atoms with Crippen LogP contribution >= 0.6 is 0 Å². The molecule has 15 heteroatoms. The van der Waals surface area contributed by atoms with E-state index >= 15 is 0 Å². The summed E-state index contributed by atoms with van der Waals surface area (Å²) < 4.78 is 92.2. The monoisotopic (exact) mass is 479 g/mol. The van der Waals surface area contributed by atoms with Crippen LogP contribution in [-0.2, 0) is 31.9 Å². The summed E-state index contributed by atoms with van der Waals surface area (Å²) >= 11 is 0. The number of aromatic nitrogens is 2. The summed E-state index contributed by atoms with van der Waals surface area (Å²) in [6.07, 6.45) is 5.22. The normalized spacial score (nSPS) is 16.6. The number of hydrogen-bond donors (Lipinski definition) is 0. The number of carbonyl (C=O) groups is 1. The van der Waals surface area contributed by atoms with Gasteiger partial charge in [-0.2, -0.15) is 21.6 Å². The van der Waals surface area contributed by atoms with Gasteiger partial charge in [-0.05, 0) is 33.6 Å². The smallest absolute Gasteiger partial charge is 0.485 e. The molecule has 2 rings (SSSR count). The van der Waals surface area contributed by atoms with Crippen LogP contribution in [0.4, 0.5) is 18.0 Å². The highest BCUT2D eigenvalue weighted by atomic mass is 32.2. The van der Waals surface area contributed by atoms with Crippen molar-refractivity contribution in [2.24, 2.45) is 7.05 Å². The van der Waals surface area contributed by atoms with E-state index in [0.717, 1.165) is 0 Å². The molecule has 30 heavy (non-hydrogen) atoms. The third kappa shape index (κ3) is 7.43. The number of amides is 1. The molecule has 10 nitrogen and oxygen atoms in total. The first-order chi connectivity index (χ1) is 13.3. The second-order valence-corrected chi connectivity index (χ2v) is 11.0. The fourth-order valence-corrected chi connectivity index (χ4v) is 4.07. The molecule has 0 saturated carbocycles. The molecule has 0 N–H and O–H groups in total. The Bertz CT molecular complexity index is 943. The van der Waals surface area contributed by atoms with E-state index in [1.54, 1.807) is 22.7 Å². The molecule has 1 fully saturated rings. The number of likely N-dealkylation sites (tertiary alicyclic amines) is 1. The first-order valence-corrected chi connectivity index (χ1v) is 11.5. The second kappa shape index (κ2) is 9.09. The van der Waals surface area contributed by atoms with Crippen LogP contribution in [0, 0.1) is 0 Å². The minimum atomic E-state index is -6.09. The van der Waals surface area contributed by atoms with Crippen LogP contribution in [0.15, 0.2) is 18.7 Å². The first-order valence-electron chi connectivity index (χ1n) is 8.62. The maximum atomic E-state index is 12.5. The molecule has 0 atom stereocenters. The Morgan fingerprint density at radius 1 is 1.13 bits per heavy atom. The van der Waals surface area contributed by atoms with Crippen molar-refractivity contribution in [1.29, 1.82) is 0 Å². The Hall–Kier alpha value is -1.87. The van der Waals surface area contributed by atoms with E-state index in [1.807, 2.05) is 20.8 Å². The summed E-state index contributed by atoms with van der Waals surface area (Å²) in [5.74, 6) is 0. The predicted octanol–water partition coefficient (Wildman–Crippen LogP) is 0.941. The number of piperidine rings is 1. The molecule has 0 unspecified atom stereocenters. The standard InChI is InChI=1S/C14H24N3O4S.CHF3O3S/c1-14(2,3)21-13(18)16-7-5-12(6-8-16)22(19,20)17-10-9-15(4)11-17;2-1(3,4)8(5,6)7/h9-12H,5-8H2,1-4H3;(H,5,6,7)/q+1;/p-1. The van der Waals surface area contributed by atoms with Crippen molar-refractivity contribution >= 4 is 26.2 Å². The van der Waals surface area contributed by atoms with Gasteiger partial charge in [-0.25, -0.2) is 17.8 Å². The lowest BCUT2D eigenvalue weighted by molar-refractivity contribution is -0.670. The fourth-order valence-electron chi connectivity index (χ4n) is 2.41. The molecule has 1 aromatic rings. The van der Waals surface area contributed by atoms with Crippen molar-refractivity contribution in [3.05, 3.63) is 18.7 Å². The average Bonchev–Trinajstić information content (AvgIpc) is 2.99. The molecule has 1 saturated heterocycles. The van der Waals surface area contributed by atoms with E-state index < -0.39 is 36.5 Å². The molecule has 0 aromatic carbocycles. The first kappa shape index (κ1) is 26.2. The van der Waals surface area contributed by atoms with Gasteiger partial charge in [0, 0.05) is 13.1 Å². The number of ether oxygens (including phenoxy) is 1. The van der Waals surface area contributed by atoms with E-state index in [9.17, 15) is 26.4 Å². The van der Waals surface area contributed by atoms with Gasteiger partial charge in [-0.3, -0.25) is 0 Å². The number of rotatable bonds is 2. The molecule has 1 aliphatic heterocycles. The maximum Gasteiger partial charge on any atom is 0.485 e. The average molecular weight is 479 g/mol. The summed E-state index contributed by atoms with van der Waals surface area (Å²) in [6, 6.07) is 0. The van der Waals surface area contributed by atoms with Crippen LogP contribution < -0.4 is 4.57 Å². The van der Waals surface area contributed by atoms with Gasteiger partial charge in [0.05, 0.1) is 7.05 Å². The van der Waals surface area contributed by atoms with Crippen molar-refractivity contribution in [2.45, 2.75) is 50.0 Å².